The highest BCUT2D eigenvalue weighted by Gasteiger charge is 2.08. The second-order valence-corrected chi connectivity index (χ2v) is 5.71. The van der Waals surface area contributed by atoms with Crippen LogP contribution in [0.4, 0.5) is 11.4 Å². The van der Waals surface area contributed by atoms with Crippen LogP contribution in [-0.4, -0.2) is 23.1 Å². The number of anilines is 1. The summed E-state index contributed by atoms with van der Waals surface area (Å²) >= 11 is 0. The molecule has 0 radical (unpaired) electrons. The highest BCUT2D eigenvalue weighted by Crippen LogP contribution is 2.15. The van der Waals surface area contributed by atoms with Crippen molar-refractivity contribution in [1.82, 2.24) is 5.43 Å². The lowest BCUT2D eigenvalue weighted by molar-refractivity contribution is -0.384. The number of hydrogen-bond acceptors (Lipinski definition) is 5. The first-order valence-electron chi connectivity index (χ1n) is 7.76. The number of nitro benzene ring substituents is 1. The van der Waals surface area contributed by atoms with Gasteiger partial charge in [0, 0.05) is 23.4 Å². The van der Waals surface area contributed by atoms with E-state index in [4.69, 9.17) is 0 Å². The molecule has 0 aliphatic heterocycles. The van der Waals surface area contributed by atoms with E-state index in [-0.39, 0.29) is 18.1 Å². The van der Waals surface area contributed by atoms with E-state index in [0.29, 0.717) is 11.3 Å². The van der Waals surface area contributed by atoms with Crippen LogP contribution in [0, 0.1) is 24.0 Å². The van der Waals surface area contributed by atoms with E-state index < -0.39 is 4.92 Å². The summed E-state index contributed by atoms with van der Waals surface area (Å²) < 4.78 is 0. The molecule has 2 aromatic rings. The Morgan fingerprint density at radius 2 is 1.96 bits per heavy atom. The third-order valence-electron chi connectivity index (χ3n) is 3.64. The van der Waals surface area contributed by atoms with Gasteiger partial charge in [0.05, 0.1) is 17.2 Å². The van der Waals surface area contributed by atoms with E-state index in [0.717, 1.165) is 16.8 Å². The Kier molecular flexibility index (Phi) is 5.84. The zero-order valence-electron chi connectivity index (χ0n) is 14.4. The van der Waals surface area contributed by atoms with Gasteiger partial charge in [0.2, 0.25) is 0 Å². The van der Waals surface area contributed by atoms with Crippen LogP contribution in [0.5, 0.6) is 0 Å². The van der Waals surface area contributed by atoms with Gasteiger partial charge < -0.3 is 5.32 Å². The van der Waals surface area contributed by atoms with Crippen LogP contribution in [0.2, 0.25) is 0 Å². The molecule has 7 heteroatoms. The number of carbonyl (C=O) groups excluding carboxylic acids is 1. The molecule has 0 saturated carbocycles. The number of amides is 1. The summed E-state index contributed by atoms with van der Waals surface area (Å²) in [6, 6.07) is 12.0. The van der Waals surface area contributed by atoms with Crippen molar-refractivity contribution >= 4 is 23.0 Å². The second-order valence-electron chi connectivity index (χ2n) is 5.71. The number of hydrogen-bond donors (Lipinski definition) is 2. The van der Waals surface area contributed by atoms with Crippen LogP contribution in [0.1, 0.15) is 23.6 Å². The molecule has 2 N–H and O–H groups in total. The number of rotatable bonds is 6. The highest BCUT2D eigenvalue weighted by atomic mass is 16.6. The number of carbonyl (C=O) groups is 1. The average Bonchev–Trinajstić information content (AvgIpc) is 2.59. The van der Waals surface area contributed by atoms with E-state index >= 15 is 0 Å². The average molecular weight is 340 g/mol. The van der Waals surface area contributed by atoms with Gasteiger partial charge in [0.1, 0.15) is 0 Å². The minimum Gasteiger partial charge on any atom is -0.376 e. The summed E-state index contributed by atoms with van der Waals surface area (Å²) in [7, 11) is 0. The smallest absolute Gasteiger partial charge is 0.270 e. The molecule has 0 spiro atoms. The van der Waals surface area contributed by atoms with Gasteiger partial charge in [-0.15, -0.1) is 0 Å². The summed E-state index contributed by atoms with van der Waals surface area (Å²) in [5.74, 6) is -0.301. The van der Waals surface area contributed by atoms with Crippen molar-refractivity contribution in [1.29, 1.82) is 0 Å². The fourth-order valence-corrected chi connectivity index (χ4v) is 2.28. The van der Waals surface area contributed by atoms with Gasteiger partial charge in [-0.2, -0.15) is 5.10 Å². The molecule has 0 saturated heterocycles. The van der Waals surface area contributed by atoms with Gasteiger partial charge >= 0.3 is 0 Å². The molecule has 2 rings (SSSR count). The Bertz CT molecular complexity index is 831. The molecule has 0 aromatic heterocycles. The van der Waals surface area contributed by atoms with Gasteiger partial charge in [-0.05, 0) is 32.4 Å². The highest BCUT2D eigenvalue weighted by molar-refractivity contribution is 5.99. The van der Waals surface area contributed by atoms with Crippen LogP contribution in [0.15, 0.2) is 47.6 Å². The van der Waals surface area contributed by atoms with Gasteiger partial charge in [-0.25, -0.2) is 5.43 Å². The molecule has 0 fully saturated rings. The van der Waals surface area contributed by atoms with Crippen molar-refractivity contribution in [2.75, 3.05) is 11.9 Å². The molecular weight excluding hydrogens is 320 g/mol. The number of nitrogens with zero attached hydrogens (tertiary/aromatic N) is 2. The summed E-state index contributed by atoms with van der Waals surface area (Å²) in [6.07, 6.45) is 0. The first-order valence-corrected chi connectivity index (χ1v) is 7.76. The van der Waals surface area contributed by atoms with Crippen LogP contribution < -0.4 is 10.7 Å². The van der Waals surface area contributed by atoms with Crippen LogP contribution >= 0.6 is 0 Å². The maximum absolute atomic E-state index is 11.9. The molecule has 0 heterocycles. The Labute approximate surface area is 145 Å². The van der Waals surface area contributed by atoms with Gasteiger partial charge in [-0.1, -0.05) is 29.8 Å². The molecule has 0 aliphatic rings. The first-order chi connectivity index (χ1) is 11.9. The molecule has 0 atom stereocenters. The SMILES string of the molecule is C/C(=N\NC(=O)CNc1ccc(C)cc1C)c1cccc([N+](=O)[O-])c1. The number of hydrazone groups is 1. The minimum absolute atomic E-state index is 0.0186. The minimum atomic E-state index is -0.469. The van der Waals surface area contributed by atoms with E-state index in [1.165, 1.54) is 12.1 Å². The van der Waals surface area contributed by atoms with Crippen molar-refractivity contribution in [2.24, 2.45) is 5.10 Å². The monoisotopic (exact) mass is 340 g/mol. The Hall–Kier alpha value is -3.22. The normalized spacial score (nSPS) is 11.1. The number of aryl methyl sites for hydroxylation is 2. The topological polar surface area (TPSA) is 96.6 Å². The predicted octanol–water partition coefficient (Wildman–Crippen LogP) is 3.16. The van der Waals surface area contributed by atoms with Crippen molar-refractivity contribution in [3.05, 3.63) is 69.3 Å². The maximum atomic E-state index is 11.9. The van der Waals surface area contributed by atoms with Crippen molar-refractivity contribution in [2.45, 2.75) is 20.8 Å². The third kappa shape index (κ3) is 5.13. The van der Waals surface area contributed by atoms with Gasteiger partial charge in [-0.3, -0.25) is 14.9 Å². The predicted molar refractivity (Wildman–Crippen MR) is 97.9 cm³/mol. The lowest BCUT2D eigenvalue weighted by atomic mass is 10.1. The standard InChI is InChI=1S/C18H20N4O3/c1-12-7-8-17(13(2)9-12)19-11-18(23)21-20-14(3)15-5-4-6-16(10-15)22(24)25/h4-10,19H,11H2,1-3H3,(H,21,23)/b20-14+. The van der Waals surface area contributed by atoms with Crippen LogP contribution in [0.25, 0.3) is 0 Å². The zero-order chi connectivity index (χ0) is 18.4. The van der Waals surface area contributed by atoms with Crippen molar-refractivity contribution in [3.8, 4) is 0 Å². The largest absolute Gasteiger partial charge is 0.376 e. The molecule has 2 aromatic carbocycles. The van der Waals surface area contributed by atoms with Crippen molar-refractivity contribution < 1.29 is 9.72 Å². The van der Waals surface area contributed by atoms with E-state index in [2.05, 4.69) is 15.8 Å². The van der Waals surface area contributed by atoms with E-state index in [1.807, 2.05) is 32.0 Å². The third-order valence-corrected chi connectivity index (χ3v) is 3.64. The fraction of sp³-hybridized carbons (Fsp3) is 0.222. The Balaban J connectivity index is 1.95. The molecule has 0 aliphatic carbocycles. The Morgan fingerprint density at radius 3 is 2.64 bits per heavy atom. The van der Waals surface area contributed by atoms with Crippen LogP contribution in [-0.2, 0) is 4.79 Å². The Morgan fingerprint density at radius 1 is 1.20 bits per heavy atom. The molecule has 7 nitrogen and oxygen atoms in total. The molecular formula is C18H20N4O3. The molecule has 0 unspecified atom stereocenters. The quantitative estimate of drug-likeness (QED) is 0.479. The fourth-order valence-electron chi connectivity index (χ4n) is 2.28. The molecule has 0 bridgehead atoms. The summed E-state index contributed by atoms with van der Waals surface area (Å²) in [5, 5.41) is 17.9. The number of nitrogens with one attached hydrogen (secondary N) is 2. The number of benzene rings is 2. The number of nitro groups is 1. The molecule has 25 heavy (non-hydrogen) atoms. The summed E-state index contributed by atoms with van der Waals surface area (Å²) in [6.45, 7) is 5.74. The van der Waals surface area contributed by atoms with Gasteiger partial charge in [0.25, 0.3) is 11.6 Å². The number of non-ortho nitro benzene ring substituents is 1. The second kappa shape index (κ2) is 8.05. The van der Waals surface area contributed by atoms with E-state index in [1.54, 1.807) is 19.1 Å². The van der Waals surface area contributed by atoms with Gasteiger partial charge in [0.15, 0.2) is 0 Å². The van der Waals surface area contributed by atoms with Crippen molar-refractivity contribution in [3.63, 3.8) is 0 Å². The lowest BCUT2D eigenvalue weighted by Gasteiger charge is -2.09. The lowest BCUT2D eigenvalue weighted by Crippen LogP contribution is -2.27. The van der Waals surface area contributed by atoms with Crippen LogP contribution in [0.3, 0.4) is 0 Å². The first kappa shape index (κ1) is 18.1. The molecule has 130 valence electrons. The maximum Gasteiger partial charge on any atom is 0.270 e. The molecule has 1 amide bonds. The van der Waals surface area contributed by atoms with E-state index in [9.17, 15) is 14.9 Å². The summed E-state index contributed by atoms with van der Waals surface area (Å²) in [5.41, 5.74) is 6.60. The summed E-state index contributed by atoms with van der Waals surface area (Å²) in [4.78, 5) is 22.2. The zero-order valence-corrected chi connectivity index (χ0v) is 14.4.